The van der Waals surface area contributed by atoms with Gasteiger partial charge in [-0.25, -0.2) is 8.78 Å². The van der Waals surface area contributed by atoms with E-state index in [4.69, 9.17) is 5.73 Å². The highest BCUT2D eigenvalue weighted by atomic mass is 79.9. The van der Waals surface area contributed by atoms with Gasteiger partial charge in [0, 0.05) is 11.1 Å². The lowest BCUT2D eigenvalue weighted by Crippen LogP contribution is -2.42. The Labute approximate surface area is 116 Å². The molecule has 102 valence electrons. The number of nitrogens with two attached hydrogens (primary N) is 1. The van der Waals surface area contributed by atoms with Crippen molar-refractivity contribution in [2.24, 2.45) is 5.73 Å². The summed E-state index contributed by atoms with van der Waals surface area (Å²) in [6.45, 7) is 4.04. The van der Waals surface area contributed by atoms with Crippen molar-refractivity contribution < 1.29 is 8.78 Å². The van der Waals surface area contributed by atoms with Gasteiger partial charge in [0.15, 0.2) is 0 Å². The van der Waals surface area contributed by atoms with Gasteiger partial charge < -0.3 is 5.73 Å². The molecule has 0 bridgehead atoms. The molecule has 1 aromatic rings. The summed E-state index contributed by atoms with van der Waals surface area (Å²) in [7, 11) is 0. The molecule has 1 unspecified atom stereocenters. The molecular formula is C14H20BrF2N. The van der Waals surface area contributed by atoms with Crippen LogP contribution in [0.15, 0.2) is 16.6 Å². The lowest BCUT2D eigenvalue weighted by molar-refractivity contribution is 0.353. The van der Waals surface area contributed by atoms with Gasteiger partial charge in [-0.1, -0.05) is 26.7 Å². The first-order valence-electron chi connectivity index (χ1n) is 6.34. The minimum Gasteiger partial charge on any atom is -0.325 e. The largest absolute Gasteiger partial charge is 0.325 e. The lowest BCUT2D eigenvalue weighted by Gasteiger charge is -2.28. The van der Waals surface area contributed by atoms with Crippen LogP contribution in [0.3, 0.4) is 0 Å². The number of rotatable bonds is 6. The molecule has 18 heavy (non-hydrogen) atoms. The maximum atomic E-state index is 13.9. The maximum Gasteiger partial charge on any atom is 0.143 e. The zero-order valence-electron chi connectivity index (χ0n) is 10.9. The molecule has 2 N–H and O–H groups in total. The summed E-state index contributed by atoms with van der Waals surface area (Å²) >= 11 is 3.08. The molecule has 0 spiro atoms. The van der Waals surface area contributed by atoms with Gasteiger partial charge in [0.1, 0.15) is 11.6 Å². The minimum absolute atomic E-state index is 0.0878. The zero-order valence-corrected chi connectivity index (χ0v) is 12.5. The Bertz CT molecular complexity index is 409. The molecule has 0 fully saturated rings. The van der Waals surface area contributed by atoms with Crippen molar-refractivity contribution >= 4 is 15.9 Å². The molecule has 0 saturated carbocycles. The van der Waals surface area contributed by atoms with Gasteiger partial charge in [-0.15, -0.1) is 0 Å². The molecule has 4 heteroatoms. The Morgan fingerprint density at radius 1 is 1.28 bits per heavy atom. The predicted octanol–water partition coefficient (Wildman–Crippen LogP) is 4.57. The molecule has 1 atom stereocenters. The van der Waals surface area contributed by atoms with Crippen LogP contribution in [-0.2, 0) is 6.42 Å². The molecular weight excluding hydrogens is 300 g/mol. The van der Waals surface area contributed by atoms with Gasteiger partial charge in [-0.05, 0) is 47.3 Å². The van der Waals surface area contributed by atoms with Gasteiger partial charge in [-0.2, -0.15) is 0 Å². The molecule has 1 rings (SSSR count). The van der Waals surface area contributed by atoms with E-state index in [1.54, 1.807) is 0 Å². The number of hydrogen-bond donors (Lipinski definition) is 1. The highest BCUT2D eigenvalue weighted by Crippen LogP contribution is 2.27. The zero-order chi connectivity index (χ0) is 13.8. The molecule has 0 aromatic heterocycles. The summed E-state index contributed by atoms with van der Waals surface area (Å²) in [6.07, 6.45) is 3.73. The van der Waals surface area contributed by atoms with Crippen LogP contribution in [0.1, 0.15) is 45.1 Å². The van der Waals surface area contributed by atoms with Crippen LogP contribution < -0.4 is 5.73 Å². The van der Waals surface area contributed by atoms with Crippen molar-refractivity contribution in [2.75, 3.05) is 0 Å². The lowest BCUT2D eigenvalue weighted by atomic mass is 9.84. The van der Waals surface area contributed by atoms with Crippen LogP contribution in [0.25, 0.3) is 0 Å². The Morgan fingerprint density at radius 2 is 1.94 bits per heavy atom. The summed E-state index contributed by atoms with van der Waals surface area (Å²) in [5, 5.41) is 0. The van der Waals surface area contributed by atoms with E-state index in [9.17, 15) is 8.78 Å². The van der Waals surface area contributed by atoms with Crippen molar-refractivity contribution in [3.05, 3.63) is 33.8 Å². The van der Waals surface area contributed by atoms with E-state index in [1.807, 2.05) is 6.92 Å². The van der Waals surface area contributed by atoms with Gasteiger partial charge in [0.2, 0.25) is 0 Å². The average Bonchev–Trinajstić information content (AvgIpc) is 2.37. The van der Waals surface area contributed by atoms with Crippen molar-refractivity contribution in [3.8, 4) is 0 Å². The monoisotopic (exact) mass is 319 g/mol. The third kappa shape index (κ3) is 3.75. The topological polar surface area (TPSA) is 26.0 Å². The van der Waals surface area contributed by atoms with E-state index in [-0.39, 0.29) is 16.5 Å². The first-order valence-corrected chi connectivity index (χ1v) is 7.14. The molecule has 0 amide bonds. The van der Waals surface area contributed by atoms with E-state index in [1.165, 1.54) is 12.1 Å². The molecule has 0 aliphatic rings. The third-order valence-corrected chi connectivity index (χ3v) is 4.01. The fraction of sp³-hybridized carbons (Fsp3) is 0.571. The van der Waals surface area contributed by atoms with Gasteiger partial charge >= 0.3 is 0 Å². The highest BCUT2D eigenvalue weighted by Gasteiger charge is 2.26. The summed E-state index contributed by atoms with van der Waals surface area (Å²) < 4.78 is 27.9. The molecule has 0 aliphatic carbocycles. The van der Waals surface area contributed by atoms with Gasteiger partial charge in [0.05, 0.1) is 4.47 Å². The van der Waals surface area contributed by atoms with E-state index in [2.05, 4.69) is 22.9 Å². The number of hydrogen-bond acceptors (Lipinski definition) is 1. The summed E-state index contributed by atoms with van der Waals surface area (Å²) in [5.41, 5.74) is 5.81. The molecule has 1 aromatic carbocycles. The van der Waals surface area contributed by atoms with Crippen molar-refractivity contribution in [2.45, 2.75) is 51.5 Å². The number of benzene rings is 1. The fourth-order valence-corrected chi connectivity index (χ4v) is 2.37. The number of halogens is 3. The smallest absolute Gasteiger partial charge is 0.143 e. The van der Waals surface area contributed by atoms with E-state index in [0.717, 1.165) is 19.3 Å². The highest BCUT2D eigenvalue weighted by molar-refractivity contribution is 9.10. The van der Waals surface area contributed by atoms with Crippen LogP contribution >= 0.6 is 15.9 Å². The predicted molar refractivity (Wildman–Crippen MR) is 74.5 cm³/mol. The molecule has 0 aliphatic heterocycles. The standard InChI is InChI=1S/C14H20BrF2N/c1-3-5-8-14(18,4-2)9-10-12(16)7-6-11(15)13(10)17/h6-7H,3-5,8-9,18H2,1-2H3. The second kappa shape index (κ2) is 6.62. The van der Waals surface area contributed by atoms with Crippen LogP contribution in [0.5, 0.6) is 0 Å². The van der Waals surface area contributed by atoms with Crippen LogP contribution in [0.2, 0.25) is 0 Å². The molecule has 0 saturated heterocycles. The van der Waals surface area contributed by atoms with Crippen LogP contribution in [0.4, 0.5) is 8.78 Å². The summed E-state index contributed by atoms with van der Waals surface area (Å²) in [6, 6.07) is 2.66. The van der Waals surface area contributed by atoms with E-state index >= 15 is 0 Å². The quantitative estimate of drug-likeness (QED) is 0.764. The Hall–Kier alpha value is -0.480. The first-order chi connectivity index (χ1) is 8.43. The minimum atomic E-state index is -0.533. The van der Waals surface area contributed by atoms with Gasteiger partial charge in [0.25, 0.3) is 0 Å². The van der Waals surface area contributed by atoms with Crippen LogP contribution in [0, 0.1) is 11.6 Å². The molecule has 1 nitrogen and oxygen atoms in total. The summed E-state index contributed by atoms with van der Waals surface area (Å²) in [5.74, 6) is -1.05. The number of unbranched alkanes of at least 4 members (excludes halogenated alkanes) is 1. The Balaban J connectivity index is 2.97. The SMILES string of the molecule is CCCCC(N)(CC)Cc1c(F)ccc(Br)c1F. The third-order valence-electron chi connectivity index (χ3n) is 3.40. The van der Waals surface area contributed by atoms with Crippen molar-refractivity contribution in [3.63, 3.8) is 0 Å². The first kappa shape index (κ1) is 15.6. The normalized spacial score (nSPS) is 14.6. The maximum absolute atomic E-state index is 13.9. The Morgan fingerprint density at radius 3 is 2.50 bits per heavy atom. The second-order valence-electron chi connectivity index (χ2n) is 4.82. The Kier molecular flexibility index (Phi) is 5.73. The van der Waals surface area contributed by atoms with Crippen molar-refractivity contribution in [1.29, 1.82) is 0 Å². The molecule has 0 radical (unpaired) electrons. The van der Waals surface area contributed by atoms with Crippen LogP contribution in [-0.4, -0.2) is 5.54 Å². The van der Waals surface area contributed by atoms with E-state index in [0.29, 0.717) is 6.42 Å². The van der Waals surface area contributed by atoms with Gasteiger partial charge in [-0.3, -0.25) is 0 Å². The average molecular weight is 320 g/mol. The molecule has 0 heterocycles. The summed E-state index contributed by atoms with van der Waals surface area (Å²) in [4.78, 5) is 0. The van der Waals surface area contributed by atoms with Crippen molar-refractivity contribution in [1.82, 2.24) is 0 Å². The van der Waals surface area contributed by atoms with E-state index < -0.39 is 17.2 Å². The second-order valence-corrected chi connectivity index (χ2v) is 5.67. The fourth-order valence-electron chi connectivity index (χ4n) is 2.00.